The van der Waals surface area contributed by atoms with Crippen LogP contribution in [-0.4, -0.2) is 11.5 Å². The number of nitrogens with zero attached hydrogens (tertiary/aromatic N) is 1. The minimum Gasteiger partial charge on any atom is -0.311 e. The third kappa shape index (κ3) is 3.05. The maximum atomic E-state index is 4.09. The van der Waals surface area contributed by atoms with Gasteiger partial charge in [0.15, 0.2) is 0 Å². The number of rotatable bonds is 5. The zero-order valence-electron chi connectivity index (χ0n) is 10.3. The van der Waals surface area contributed by atoms with E-state index in [1.807, 2.05) is 11.7 Å². The van der Waals surface area contributed by atoms with Crippen LogP contribution in [0.2, 0.25) is 0 Å². The third-order valence-electron chi connectivity index (χ3n) is 3.82. The van der Waals surface area contributed by atoms with Gasteiger partial charge in [-0.15, -0.1) is 11.3 Å². The normalized spacial score (nSPS) is 18.1. The van der Waals surface area contributed by atoms with Gasteiger partial charge < -0.3 is 5.32 Å². The molecule has 2 nitrogen and oxygen atoms in total. The van der Waals surface area contributed by atoms with Crippen LogP contribution in [0.4, 0.5) is 0 Å². The van der Waals surface area contributed by atoms with Crippen molar-refractivity contribution in [2.45, 2.75) is 46.1 Å². The zero-order valence-corrected chi connectivity index (χ0v) is 11.1. The van der Waals surface area contributed by atoms with Gasteiger partial charge in [0.1, 0.15) is 0 Å². The van der Waals surface area contributed by atoms with E-state index >= 15 is 0 Å². The van der Waals surface area contributed by atoms with Gasteiger partial charge in [0, 0.05) is 24.2 Å². The molecule has 1 fully saturated rings. The molecule has 0 bridgehead atoms. The fourth-order valence-corrected chi connectivity index (χ4v) is 3.25. The summed E-state index contributed by atoms with van der Waals surface area (Å²) < 4.78 is 0. The smallest absolute Gasteiger partial charge is 0.0794 e. The first-order chi connectivity index (χ1) is 7.68. The summed E-state index contributed by atoms with van der Waals surface area (Å²) in [7, 11) is 0. The van der Waals surface area contributed by atoms with Crippen molar-refractivity contribution in [3.05, 3.63) is 16.6 Å². The van der Waals surface area contributed by atoms with E-state index in [-0.39, 0.29) is 0 Å². The largest absolute Gasteiger partial charge is 0.311 e. The molecule has 1 aliphatic rings. The van der Waals surface area contributed by atoms with E-state index < -0.39 is 0 Å². The minimum absolute atomic E-state index is 0.446. The highest BCUT2D eigenvalue weighted by Gasteiger charge is 2.31. The summed E-state index contributed by atoms with van der Waals surface area (Å²) in [4.78, 5) is 5.43. The first kappa shape index (κ1) is 12.1. The maximum absolute atomic E-state index is 4.09. The van der Waals surface area contributed by atoms with E-state index in [1.165, 1.54) is 30.6 Å². The van der Waals surface area contributed by atoms with Crippen LogP contribution in [0.15, 0.2) is 11.7 Å². The van der Waals surface area contributed by atoms with Crippen LogP contribution in [0.3, 0.4) is 0 Å². The molecule has 0 aliphatic heterocycles. The average Bonchev–Trinajstić information content (AvgIpc) is 2.90. The van der Waals surface area contributed by atoms with Crippen molar-refractivity contribution < 1.29 is 0 Å². The van der Waals surface area contributed by atoms with Crippen molar-refractivity contribution >= 4 is 11.3 Å². The van der Waals surface area contributed by atoms with Crippen LogP contribution in [0.1, 0.15) is 44.4 Å². The maximum Gasteiger partial charge on any atom is 0.0794 e. The van der Waals surface area contributed by atoms with Gasteiger partial charge in [-0.25, -0.2) is 0 Å². The lowest BCUT2D eigenvalue weighted by atomic mass is 9.78. The second-order valence-electron chi connectivity index (χ2n) is 5.54. The lowest BCUT2D eigenvalue weighted by molar-refractivity contribution is 0.208. The molecule has 1 N–H and O–H groups in total. The molecule has 0 saturated heterocycles. The SMILES string of the molecule is CC(C)(CNCc1cncs1)C1CCCC1. The van der Waals surface area contributed by atoms with Crippen molar-refractivity contribution in [3.8, 4) is 0 Å². The number of hydrogen-bond donors (Lipinski definition) is 1. The predicted octanol–water partition coefficient (Wildman–Crippen LogP) is 3.45. The van der Waals surface area contributed by atoms with Crippen molar-refractivity contribution in [1.29, 1.82) is 0 Å². The molecule has 3 heteroatoms. The highest BCUT2D eigenvalue weighted by atomic mass is 32.1. The van der Waals surface area contributed by atoms with Crippen molar-refractivity contribution in [2.75, 3.05) is 6.54 Å². The summed E-state index contributed by atoms with van der Waals surface area (Å²) in [6.45, 7) is 6.90. The highest BCUT2D eigenvalue weighted by molar-refractivity contribution is 7.09. The molecular formula is C13H22N2S. The number of thiazole rings is 1. The van der Waals surface area contributed by atoms with Crippen LogP contribution < -0.4 is 5.32 Å². The fourth-order valence-electron chi connectivity index (χ4n) is 2.69. The number of hydrogen-bond acceptors (Lipinski definition) is 3. The molecule has 1 heterocycles. The quantitative estimate of drug-likeness (QED) is 0.850. The van der Waals surface area contributed by atoms with Gasteiger partial charge in [0.05, 0.1) is 5.51 Å². The van der Waals surface area contributed by atoms with Crippen LogP contribution in [0.25, 0.3) is 0 Å². The Bertz CT molecular complexity index is 300. The Kier molecular flexibility index (Phi) is 3.98. The van der Waals surface area contributed by atoms with Gasteiger partial charge >= 0.3 is 0 Å². The van der Waals surface area contributed by atoms with Gasteiger partial charge in [-0.05, 0) is 24.2 Å². The second-order valence-corrected chi connectivity index (χ2v) is 6.51. The Morgan fingerprint density at radius 1 is 1.44 bits per heavy atom. The molecule has 0 unspecified atom stereocenters. The van der Waals surface area contributed by atoms with Gasteiger partial charge in [-0.1, -0.05) is 26.7 Å². The Labute approximate surface area is 102 Å². The molecule has 0 amide bonds. The Hall–Kier alpha value is -0.410. The van der Waals surface area contributed by atoms with Crippen molar-refractivity contribution in [1.82, 2.24) is 10.3 Å². The van der Waals surface area contributed by atoms with E-state index in [9.17, 15) is 0 Å². The zero-order chi connectivity index (χ0) is 11.4. The summed E-state index contributed by atoms with van der Waals surface area (Å²) in [5.41, 5.74) is 2.35. The Balaban J connectivity index is 1.75. The van der Waals surface area contributed by atoms with E-state index in [0.29, 0.717) is 5.41 Å². The van der Waals surface area contributed by atoms with Crippen LogP contribution >= 0.6 is 11.3 Å². The first-order valence-corrected chi connectivity index (χ1v) is 7.14. The molecule has 1 aliphatic carbocycles. The Morgan fingerprint density at radius 3 is 2.81 bits per heavy atom. The fraction of sp³-hybridized carbons (Fsp3) is 0.769. The Morgan fingerprint density at radius 2 is 2.19 bits per heavy atom. The van der Waals surface area contributed by atoms with Crippen molar-refractivity contribution in [2.24, 2.45) is 11.3 Å². The van der Waals surface area contributed by atoms with Gasteiger partial charge in [-0.2, -0.15) is 0 Å². The van der Waals surface area contributed by atoms with Gasteiger partial charge in [0.25, 0.3) is 0 Å². The lowest BCUT2D eigenvalue weighted by Crippen LogP contribution is -2.34. The van der Waals surface area contributed by atoms with Crippen LogP contribution in [0, 0.1) is 11.3 Å². The molecule has 1 aromatic rings. The van der Waals surface area contributed by atoms with E-state index in [1.54, 1.807) is 11.3 Å². The lowest BCUT2D eigenvalue weighted by Gasteiger charge is -2.31. The molecule has 16 heavy (non-hydrogen) atoms. The molecule has 90 valence electrons. The second kappa shape index (κ2) is 5.28. The topological polar surface area (TPSA) is 24.9 Å². The van der Waals surface area contributed by atoms with E-state index in [2.05, 4.69) is 24.1 Å². The summed E-state index contributed by atoms with van der Waals surface area (Å²) >= 11 is 1.73. The molecular weight excluding hydrogens is 216 g/mol. The molecule has 1 saturated carbocycles. The predicted molar refractivity (Wildman–Crippen MR) is 69.6 cm³/mol. The van der Waals surface area contributed by atoms with Gasteiger partial charge in [-0.3, -0.25) is 4.98 Å². The summed E-state index contributed by atoms with van der Waals surface area (Å²) in [6.07, 6.45) is 7.68. The van der Waals surface area contributed by atoms with Gasteiger partial charge in [0.2, 0.25) is 0 Å². The van der Waals surface area contributed by atoms with Crippen LogP contribution in [0.5, 0.6) is 0 Å². The highest BCUT2D eigenvalue weighted by Crippen LogP contribution is 2.39. The molecule has 0 aromatic carbocycles. The van der Waals surface area contributed by atoms with E-state index in [4.69, 9.17) is 0 Å². The van der Waals surface area contributed by atoms with Crippen LogP contribution in [-0.2, 0) is 6.54 Å². The first-order valence-electron chi connectivity index (χ1n) is 6.26. The van der Waals surface area contributed by atoms with E-state index in [0.717, 1.165) is 19.0 Å². The monoisotopic (exact) mass is 238 g/mol. The number of nitrogens with one attached hydrogen (secondary N) is 1. The summed E-state index contributed by atoms with van der Waals surface area (Å²) in [6, 6.07) is 0. The summed E-state index contributed by atoms with van der Waals surface area (Å²) in [5.74, 6) is 0.918. The van der Waals surface area contributed by atoms with Crippen molar-refractivity contribution in [3.63, 3.8) is 0 Å². The molecule has 0 atom stereocenters. The molecule has 1 aromatic heterocycles. The number of aromatic nitrogens is 1. The molecule has 2 rings (SSSR count). The molecule has 0 radical (unpaired) electrons. The minimum atomic E-state index is 0.446. The standard InChI is InChI=1S/C13H22N2S/c1-13(2,11-5-3-4-6-11)9-14-7-12-8-15-10-16-12/h8,10-11,14H,3-7,9H2,1-2H3. The average molecular weight is 238 g/mol. The third-order valence-corrected chi connectivity index (χ3v) is 4.60. The summed E-state index contributed by atoms with van der Waals surface area (Å²) in [5, 5.41) is 3.58. The molecule has 0 spiro atoms.